The predicted molar refractivity (Wildman–Crippen MR) is 46.0 cm³/mol. The van der Waals surface area contributed by atoms with E-state index in [1.807, 2.05) is 0 Å². The van der Waals surface area contributed by atoms with Crippen LogP contribution in [0.3, 0.4) is 0 Å². The summed E-state index contributed by atoms with van der Waals surface area (Å²) in [7, 11) is 1.37. The molecular weight excluding hydrogens is 156 g/mol. The fraction of sp³-hybridized carbons (Fsp3) is 0.875. The van der Waals surface area contributed by atoms with Gasteiger partial charge in [-0.25, -0.2) is 4.79 Å². The molecule has 1 saturated carbocycles. The molecule has 0 aromatic carbocycles. The Hall–Kier alpha value is -0.770. The first-order valence-corrected chi connectivity index (χ1v) is 4.38. The molecule has 4 nitrogen and oxygen atoms in total. The van der Waals surface area contributed by atoms with Gasteiger partial charge in [0.05, 0.1) is 7.11 Å². The fourth-order valence-electron chi connectivity index (χ4n) is 0.945. The van der Waals surface area contributed by atoms with Crippen LogP contribution < -0.4 is 10.6 Å². The highest BCUT2D eigenvalue weighted by atomic mass is 16.5. The van der Waals surface area contributed by atoms with Crippen LogP contribution in [-0.4, -0.2) is 32.3 Å². The van der Waals surface area contributed by atoms with Crippen molar-refractivity contribution < 1.29 is 9.53 Å². The van der Waals surface area contributed by atoms with E-state index in [-0.39, 0.29) is 6.09 Å². The summed E-state index contributed by atoms with van der Waals surface area (Å²) in [6, 6.07) is 0.753. The molecule has 0 atom stereocenters. The largest absolute Gasteiger partial charge is 0.453 e. The normalized spacial score (nSPS) is 15.8. The van der Waals surface area contributed by atoms with Gasteiger partial charge >= 0.3 is 6.09 Å². The third kappa shape index (κ3) is 4.18. The second-order valence-electron chi connectivity index (χ2n) is 3.00. The lowest BCUT2D eigenvalue weighted by molar-refractivity contribution is 0.171. The molecule has 0 aromatic heterocycles. The number of rotatable bonds is 5. The molecule has 0 spiro atoms. The molecule has 1 amide bonds. The molecule has 0 radical (unpaired) electrons. The summed E-state index contributed by atoms with van der Waals surface area (Å²) in [6.45, 7) is 1.67. The minimum Gasteiger partial charge on any atom is -0.453 e. The van der Waals surface area contributed by atoms with Crippen LogP contribution in [0.15, 0.2) is 0 Å². The van der Waals surface area contributed by atoms with Gasteiger partial charge in [-0.15, -0.1) is 0 Å². The highest BCUT2D eigenvalue weighted by molar-refractivity contribution is 5.66. The van der Waals surface area contributed by atoms with E-state index < -0.39 is 0 Å². The van der Waals surface area contributed by atoms with E-state index in [9.17, 15) is 4.79 Å². The molecule has 0 saturated heterocycles. The summed E-state index contributed by atoms with van der Waals surface area (Å²) in [5, 5.41) is 5.98. The van der Waals surface area contributed by atoms with Crippen molar-refractivity contribution in [3.63, 3.8) is 0 Å². The highest BCUT2D eigenvalue weighted by Gasteiger charge is 2.19. The Kier molecular flexibility index (Phi) is 3.87. The van der Waals surface area contributed by atoms with Crippen molar-refractivity contribution in [1.29, 1.82) is 0 Å². The monoisotopic (exact) mass is 172 g/mol. The van der Waals surface area contributed by atoms with E-state index in [0.29, 0.717) is 6.54 Å². The van der Waals surface area contributed by atoms with Crippen LogP contribution in [-0.2, 0) is 4.74 Å². The first-order valence-electron chi connectivity index (χ1n) is 4.38. The number of hydrogen-bond donors (Lipinski definition) is 2. The van der Waals surface area contributed by atoms with Crippen LogP contribution in [0.4, 0.5) is 4.79 Å². The Balaban J connectivity index is 1.78. The number of alkyl carbamates (subject to hydrolysis) is 1. The van der Waals surface area contributed by atoms with E-state index in [4.69, 9.17) is 0 Å². The van der Waals surface area contributed by atoms with Gasteiger partial charge in [-0.05, 0) is 25.8 Å². The van der Waals surface area contributed by atoms with E-state index in [2.05, 4.69) is 15.4 Å². The lowest BCUT2D eigenvalue weighted by Crippen LogP contribution is -2.27. The lowest BCUT2D eigenvalue weighted by Gasteiger charge is -2.03. The maximum Gasteiger partial charge on any atom is 0.406 e. The number of hydrogen-bond acceptors (Lipinski definition) is 3. The highest BCUT2D eigenvalue weighted by Crippen LogP contribution is 2.18. The molecular formula is C8H16N2O2. The Morgan fingerprint density at radius 3 is 2.83 bits per heavy atom. The molecule has 1 aliphatic carbocycles. The standard InChI is InChI=1S/C8H16N2O2/c1-12-8(11)10-6-2-5-9-7-3-4-7/h7,9H,2-6H2,1H3,(H,10,11). The first kappa shape index (κ1) is 9.32. The van der Waals surface area contributed by atoms with Gasteiger partial charge in [-0.3, -0.25) is 0 Å². The van der Waals surface area contributed by atoms with E-state index in [0.717, 1.165) is 19.0 Å². The van der Waals surface area contributed by atoms with Gasteiger partial charge in [-0.1, -0.05) is 0 Å². The average Bonchev–Trinajstić information content (AvgIpc) is 2.87. The molecule has 1 fully saturated rings. The maximum atomic E-state index is 10.6. The van der Waals surface area contributed by atoms with Crippen LogP contribution >= 0.6 is 0 Å². The van der Waals surface area contributed by atoms with Crippen molar-refractivity contribution in [1.82, 2.24) is 10.6 Å². The minimum absolute atomic E-state index is 0.346. The SMILES string of the molecule is COC(=O)NCCCNC1CC1. The summed E-state index contributed by atoms with van der Waals surface area (Å²) < 4.78 is 4.42. The zero-order valence-corrected chi connectivity index (χ0v) is 7.43. The van der Waals surface area contributed by atoms with Crippen LogP contribution in [0.2, 0.25) is 0 Å². The molecule has 0 bridgehead atoms. The second kappa shape index (κ2) is 4.98. The Morgan fingerprint density at radius 1 is 1.50 bits per heavy atom. The number of carbonyl (C=O) groups is 1. The molecule has 0 aliphatic heterocycles. The smallest absolute Gasteiger partial charge is 0.406 e. The van der Waals surface area contributed by atoms with Gasteiger partial charge < -0.3 is 15.4 Å². The van der Waals surface area contributed by atoms with Crippen LogP contribution in [0.1, 0.15) is 19.3 Å². The van der Waals surface area contributed by atoms with Gasteiger partial charge in [-0.2, -0.15) is 0 Å². The lowest BCUT2D eigenvalue weighted by atomic mass is 10.4. The predicted octanol–water partition coefficient (Wildman–Crippen LogP) is 0.484. The minimum atomic E-state index is -0.346. The summed E-state index contributed by atoms with van der Waals surface area (Å²) in [6.07, 6.45) is 3.24. The number of ether oxygens (including phenoxy) is 1. The zero-order valence-electron chi connectivity index (χ0n) is 7.43. The van der Waals surface area contributed by atoms with Crippen LogP contribution in [0.25, 0.3) is 0 Å². The van der Waals surface area contributed by atoms with Crippen molar-refractivity contribution in [3.8, 4) is 0 Å². The van der Waals surface area contributed by atoms with Crippen molar-refractivity contribution in [3.05, 3.63) is 0 Å². The second-order valence-corrected chi connectivity index (χ2v) is 3.00. The Morgan fingerprint density at radius 2 is 2.25 bits per heavy atom. The van der Waals surface area contributed by atoms with E-state index >= 15 is 0 Å². The third-order valence-corrected chi connectivity index (χ3v) is 1.82. The van der Waals surface area contributed by atoms with Gasteiger partial charge in [0.1, 0.15) is 0 Å². The maximum absolute atomic E-state index is 10.6. The Labute approximate surface area is 72.7 Å². The summed E-state index contributed by atoms with van der Waals surface area (Å²) >= 11 is 0. The zero-order chi connectivity index (χ0) is 8.81. The van der Waals surface area contributed by atoms with Gasteiger partial charge in [0.25, 0.3) is 0 Å². The Bertz CT molecular complexity index is 146. The number of carbonyl (C=O) groups excluding carboxylic acids is 1. The third-order valence-electron chi connectivity index (χ3n) is 1.82. The van der Waals surface area contributed by atoms with Crippen molar-refractivity contribution in [2.45, 2.75) is 25.3 Å². The number of amides is 1. The quantitative estimate of drug-likeness (QED) is 0.593. The van der Waals surface area contributed by atoms with Crippen molar-refractivity contribution >= 4 is 6.09 Å². The molecule has 0 heterocycles. The van der Waals surface area contributed by atoms with E-state index in [1.54, 1.807) is 0 Å². The summed E-state index contributed by atoms with van der Waals surface area (Å²) in [4.78, 5) is 10.6. The number of methoxy groups -OCH3 is 1. The fourth-order valence-corrected chi connectivity index (χ4v) is 0.945. The molecule has 0 unspecified atom stereocenters. The molecule has 2 N–H and O–H groups in total. The van der Waals surface area contributed by atoms with Crippen LogP contribution in [0.5, 0.6) is 0 Å². The summed E-state index contributed by atoms with van der Waals surface area (Å²) in [5.74, 6) is 0. The molecule has 4 heteroatoms. The number of nitrogens with one attached hydrogen (secondary N) is 2. The van der Waals surface area contributed by atoms with Crippen LogP contribution in [0, 0.1) is 0 Å². The molecule has 1 rings (SSSR count). The molecule has 70 valence electrons. The van der Waals surface area contributed by atoms with Crippen molar-refractivity contribution in [2.75, 3.05) is 20.2 Å². The van der Waals surface area contributed by atoms with Gasteiger partial charge in [0.2, 0.25) is 0 Å². The van der Waals surface area contributed by atoms with Gasteiger partial charge in [0.15, 0.2) is 0 Å². The summed E-state index contributed by atoms with van der Waals surface area (Å²) in [5.41, 5.74) is 0. The molecule has 12 heavy (non-hydrogen) atoms. The average molecular weight is 172 g/mol. The molecule has 1 aliphatic rings. The van der Waals surface area contributed by atoms with E-state index in [1.165, 1.54) is 20.0 Å². The first-order chi connectivity index (χ1) is 5.83. The van der Waals surface area contributed by atoms with Crippen molar-refractivity contribution in [2.24, 2.45) is 0 Å². The van der Waals surface area contributed by atoms with Gasteiger partial charge in [0, 0.05) is 12.6 Å². The topological polar surface area (TPSA) is 50.4 Å². The molecule has 0 aromatic rings.